The Hall–Kier alpha value is -3.20. The van der Waals surface area contributed by atoms with E-state index in [1.165, 1.54) is 24.5 Å². The van der Waals surface area contributed by atoms with Crippen LogP contribution in [-0.4, -0.2) is 20.4 Å². The molecule has 2 N–H and O–H groups in total. The molecule has 33 heavy (non-hydrogen) atoms. The van der Waals surface area contributed by atoms with Gasteiger partial charge in [0.2, 0.25) is 15.9 Å². The van der Waals surface area contributed by atoms with Crippen LogP contribution in [0.4, 0.5) is 0 Å². The van der Waals surface area contributed by atoms with Crippen LogP contribution in [0, 0.1) is 0 Å². The normalized spacial score (nSPS) is 11.8. The summed E-state index contributed by atoms with van der Waals surface area (Å²) in [5.41, 5.74) is 2.75. The number of sulfonamides is 1. The van der Waals surface area contributed by atoms with E-state index in [0.29, 0.717) is 24.5 Å². The number of rotatable bonds is 11. The highest BCUT2D eigenvalue weighted by Gasteiger charge is 2.14. The van der Waals surface area contributed by atoms with Gasteiger partial charge in [0.1, 0.15) is 5.76 Å². The van der Waals surface area contributed by atoms with Crippen molar-refractivity contribution in [3.63, 3.8) is 0 Å². The Labute approximate surface area is 194 Å². The fraction of sp³-hybridized carbons (Fsp3) is 0.240. The van der Waals surface area contributed by atoms with Gasteiger partial charge in [-0.1, -0.05) is 36.4 Å². The van der Waals surface area contributed by atoms with E-state index in [4.69, 9.17) is 9.15 Å². The van der Waals surface area contributed by atoms with Crippen LogP contribution < -0.4 is 10.0 Å². The molecule has 1 heterocycles. The Morgan fingerprint density at radius 3 is 2.48 bits per heavy atom. The lowest BCUT2D eigenvalue weighted by Gasteiger charge is -2.09. The number of benzene rings is 2. The molecule has 0 fully saturated rings. The number of carbonyl (C=O) groups excluding carboxylic acids is 1. The maximum atomic E-state index is 12.4. The molecule has 1 aromatic heterocycles. The van der Waals surface area contributed by atoms with Crippen molar-refractivity contribution < 1.29 is 22.4 Å². The van der Waals surface area contributed by atoms with Crippen LogP contribution in [0.2, 0.25) is 0 Å². The fourth-order valence-corrected chi connectivity index (χ4v) is 3.93. The largest absolute Gasteiger partial charge is 0.468 e. The number of hydrogen-bond donors (Lipinski definition) is 2. The van der Waals surface area contributed by atoms with Crippen molar-refractivity contribution in [2.45, 2.75) is 44.5 Å². The summed E-state index contributed by atoms with van der Waals surface area (Å²) in [4.78, 5) is 12.3. The van der Waals surface area contributed by atoms with Crippen LogP contribution in [0.15, 0.2) is 82.3 Å². The van der Waals surface area contributed by atoms with Crippen molar-refractivity contribution in [3.05, 3.63) is 95.5 Å². The average Bonchev–Trinajstić information content (AvgIpc) is 3.33. The van der Waals surface area contributed by atoms with Gasteiger partial charge in [-0.25, -0.2) is 13.1 Å². The highest BCUT2D eigenvalue weighted by Crippen LogP contribution is 2.13. The summed E-state index contributed by atoms with van der Waals surface area (Å²) < 4.78 is 38.0. The van der Waals surface area contributed by atoms with E-state index in [1.807, 2.05) is 38.1 Å². The topological polar surface area (TPSA) is 97.6 Å². The first kappa shape index (κ1) is 24.4. The molecule has 2 aromatic carbocycles. The van der Waals surface area contributed by atoms with Crippen LogP contribution in [0.1, 0.15) is 36.3 Å². The summed E-state index contributed by atoms with van der Waals surface area (Å²) >= 11 is 0. The lowest BCUT2D eigenvalue weighted by molar-refractivity contribution is -0.116. The van der Waals surface area contributed by atoms with Crippen LogP contribution in [0.3, 0.4) is 0 Å². The lowest BCUT2D eigenvalue weighted by atomic mass is 10.1. The number of ether oxygens (including phenoxy) is 1. The molecule has 0 spiro atoms. The minimum atomic E-state index is -3.66. The predicted octanol–water partition coefficient (Wildman–Crippen LogP) is 4.01. The minimum Gasteiger partial charge on any atom is -0.468 e. The van der Waals surface area contributed by atoms with Gasteiger partial charge in [-0.3, -0.25) is 4.79 Å². The molecule has 0 aliphatic rings. The molecule has 8 heteroatoms. The van der Waals surface area contributed by atoms with Gasteiger partial charge < -0.3 is 14.5 Å². The second kappa shape index (κ2) is 11.6. The Morgan fingerprint density at radius 2 is 1.79 bits per heavy atom. The molecule has 3 rings (SSSR count). The van der Waals surface area contributed by atoms with Gasteiger partial charge in [0, 0.05) is 12.6 Å². The van der Waals surface area contributed by atoms with Crippen molar-refractivity contribution in [2.24, 2.45) is 0 Å². The van der Waals surface area contributed by atoms with Crippen molar-refractivity contribution in [3.8, 4) is 0 Å². The number of carbonyl (C=O) groups is 1. The number of nitrogens with one attached hydrogen (secondary N) is 2. The van der Waals surface area contributed by atoms with Gasteiger partial charge in [0.15, 0.2) is 0 Å². The van der Waals surface area contributed by atoms with E-state index in [9.17, 15) is 13.2 Å². The van der Waals surface area contributed by atoms with Crippen LogP contribution >= 0.6 is 0 Å². The minimum absolute atomic E-state index is 0.0742. The zero-order valence-electron chi connectivity index (χ0n) is 18.7. The summed E-state index contributed by atoms with van der Waals surface area (Å²) in [5, 5.41) is 2.85. The number of furan rings is 1. The maximum absolute atomic E-state index is 12.4. The van der Waals surface area contributed by atoms with E-state index >= 15 is 0 Å². The van der Waals surface area contributed by atoms with Crippen molar-refractivity contribution in [2.75, 3.05) is 0 Å². The molecule has 1 amide bonds. The molecule has 0 radical (unpaired) electrons. The van der Waals surface area contributed by atoms with Gasteiger partial charge in [-0.15, -0.1) is 0 Å². The van der Waals surface area contributed by atoms with Crippen molar-refractivity contribution in [1.82, 2.24) is 10.0 Å². The molecule has 0 aliphatic carbocycles. The molecule has 174 valence electrons. The predicted molar refractivity (Wildman–Crippen MR) is 126 cm³/mol. The van der Waals surface area contributed by atoms with Crippen molar-refractivity contribution in [1.29, 1.82) is 0 Å². The standard InChI is InChI=1S/C25H28N2O5S/c1-19(2)32-18-22-6-3-5-21(15-22)16-26-25(28)13-10-20-8-11-24(12-9-20)33(29,30)27-17-23-7-4-14-31-23/h3-15,19,27H,16-18H2,1-2H3,(H,26,28)/b13-10+. The van der Waals surface area contributed by atoms with E-state index < -0.39 is 10.0 Å². The Bertz CT molecular complexity index is 1170. The van der Waals surface area contributed by atoms with Crippen molar-refractivity contribution >= 4 is 22.0 Å². The molecule has 0 aliphatic heterocycles. The molecule has 0 atom stereocenters. The molecule has 3 aromatic rings. The maximum Gasteiger partial charge on any atom is 0.244 e. The molecule has 7 nitrogen and oxygen atoms in total. The first-order valence-corrected chi connectivity index (χ1v) is 12.1. The first-order valence-electron chi connectivity index (χ1n) is 10.6. The zero-order chi connectivity index (χ0) is 23.7. The zero-order valence-corrected chi connectivity index (χ0v) is 19.5. The highest BCUT2D eigenvalue weighted by atomic mass is 32.2. The summed E-state index contributed by atoms with van der Waals surface area (Å²) in [6.07, 6.45) is 4.70. The third-order valence-electron chi connectivity index (χ3n) is 4.68. The fourth-order valence-electron chi connectivity index (χ4n) is 2.93. The van der Waals surface area contributed by atoms with E-state index in [1.54, 1.807) is 30.3 Å². The number of amides is 1. The van der Waals surface area contributed by atoms with Gasteiger partial charge in [0.05, 0.1) is 30.4 Å². The third kappa shape index (κ3) is 8.02. The Morgan fingerprint density at radius 1 is 1.03 bits per heavy atom. The Balaban J connectivity index is 1.50. The van der Waals surface area contributed by atoms with E-state index in [0.717, 1.165) is 11.1 Å². The quantitative estimate of drug-likeness (QED) is 0.415. The molecule has 0 saturated heterocycles. The number of hydrogen-bond acceptors (Lipinski definition) is 5. The molecular weight excluding hydrogens is 440 g/mol. The monoisotopic (exact) mass is 468 g/mol. The van der Waals surface area contributed by atoms with Gasteiger partial charge in [-0.2, -0.15) is 0 Å². The van der Waals surface area contributed by atoms with Crippen LogP contribution in [0.5, 0.6) is 0 Å². The highest BCUT2D eigenvalue weighted by molar-refractivity contribution is 7.89. The summed E-state index contributed by atoms with van der Waals surface area (Å²) in [7, 11) is -3.66. The average molecular weight is 469 g/mol. The van der Waals surface area contributed by atoms with E-state index in [2.05, 4.69) is 10.0 Å². The van der Waals surface area contributed by atoms with E-state index in [-0.39, 0.29) is 23.5 Å². The van der Waals surface area contributed by atoms with Gasteiger partial charge in [0.25, 0.3) is 0 Å². The Kier molecular flexibility index (Phi) is 8.59. The molecule has 0 bridgehead atoms. The van der Waals surface area contributed by atoms with Crippen LogP contribution in [0.25, 0.3) is 6.08 Å². The van der Waals surface area contributed by atoms with Gasteiger partial charge >= 0.3 is 0 Å². The molecule has 0 saturated carbocycles. The molecular formula is C25H28N2O5S. The van der Waals surface area contributed by atoms with Crippen LogP contribution in [-0.2, 0) is 39.3 Å². The van der Waals surface area contributed by atoms with Gasteiger partial charge in [-0.05, 0) is 60.9 Å². The summed E-state index contributed by atoms with van der Waals surface area (Å²) in [6, 6.07) is 17.5. The SMILES string of the molecule is CC(C)OCc1cccc(CNC(=O)/C=C/c2ccc(S(=O)(=O)NCc3ccco3)cc2)c1. The summed E-state index contributed by atoms with van der Waals surface area (Å²) in [6.45, 7) is 4.98. The second-order valence-electron chi connectivity index (χ2n) is 7.70. The third-order valence-corrected chi connectivity index (χ3v) is 6.09. The second-order valence-corrected chi connectivity index (χ2v) is 9.47. The molecule has 0 unspecified atom stereocenters. The smallest absolute Gasteiger partial charge is 0.244 e. The lowest BCUT2D eigenvalue weighted by Crippen LogP contribution is -2.22. The summed E-state index contributed by atoms with van der Waals surface area (Å²) in [5.74, 6) is 0.287. The first-order chi connectivity index (χ1) is 15.8.